The molecule has 31 heavy (non-hydrogen) atoms. The van der Waals surface area contributed by atoms with Crippen molar-refractivity contribution < 1.29 is 28.5 Å². The summed E-state index contributed by atoms with van der Waals surface area (Å²) in [5.74, 6) is 0.590. The first-order valence-electron chi connectivity index (χ1n) is 9.82. The van der Waals surface area contributed by atoms with Crippen LogP contribution in [0.25, 0.3) is 0 Å². The highest BCUT2D eigenvalue weighted by molar-refractivity contribution is 5.66. The summed E-state index contributed by atoms with van der Waals surface area (Å²) in [6.07, 6.45) is -0.667. The van der Waals surface area contributed by atoms with Crippen LogP contribution >= 0.6 is 0 Å². The second-order valence-electron chi connectivity index (χ2n) is 6.83. The quantitative estimate of drug-likeness (QED) is 0.360. The number of carbonyl (C=O) groups is 2. The van der Waals surface area contributed by atoms with Crippen molar-refractivity contribution in [3.8, 4) is 11.5 Å². The summed E-state index contributed by atoms with van der Waals surface area (Å²) in [6, 6.07) is 24.2. The average Bonchev–Trinajstić information content (AvgIpc) is 2.78. The maximum Gasteiger partial charge on any atom is 0.302 e. The van der Waals surface area contributed by atoms with Gasteiger partial charge in [-0.25, -0.2) is 0 Å². The first-order valence-corrected chi connectivity index (χ1v) is 9.82. The van der Waals surface area contributed by atoms with Crippen LogP contribution in [0.3, 0.4) is 0 Å². The lowest BCUT2D eigenvalue weighted by Gasteiger charge is -2.21. The van der Waals surface area contributed by atoms with E-state index in [9.17, 15) is 9.59 Å². The number of ether oxygens (including phenoxy) is 4. The van der Waals surface area contributed by atoms with E-state index in [2.05, 4.69) is 0 Å². The molecule has 3 rings (SSSR count). The molecule has 0 saturated carbocycles. The minimum absolute atomic E-state index is 0.216. The maximum atomic E-state index is 11.0. The van der Waals surface area contributed by atoms with Crippen molar-refractivity contribution in [1.29, 1.82) is 0 Å². The Kier molecular flexibility index (Phi) is 7.65. The first kappa shape index (κ1) is 21.9. The molecule has 0 saturated heterocycles. The minimum Gasteiger partial charge on any atom is -0.461 e. The predicted molar refractivity (Wildman–Crippen MR) is 114 cm³/mol. The standard InChI is InChI=1S/C25H24O6/c1-18(26)28-16-20-8-12-23(13-9-20)30-25(22-6-4-3-5-7-22)31-24-14-10-21(11-15-24)17-29-19(2)27/h3-15,25H,16-17H2,1-2H3. The third kappa shape index (κ3) is 7.19. The van der Waals surface area contributed by atoms with E-state index < -0.39 is 6.29 Å². The van der Waals surface area contributed by atoms with Crippen LogP contribution in [0.5, 0.6) is 11.5 Å². The lowest BCUT2D eigenvalue weighted by atomic mass is 10.2. The molecule has 0 heterocycles. The molecule has 3 aromatic carbocycles. The normalized spacial score (nSPS) is 10.4. The SMILES string of the molecule is CC(=O)OCc1ccc(OC(Oc2ccc(COC(C)=O)cc2)c2ccccc2)cc1. The highest BCUT2D eigenvalue weighted by Gasteiger charge is 2.15. The molecule has 0 aliphatic carbocycles. The highest BCUT2D eigenvalue weighted by atomic mass is 16.7. The van der Waals surface area contributed by atoms with Crippen LogP contribution in [0, 0.1) is 0 Å². The van der Waals surface area contributed by atoms with Gasteiger partial charge in [0.05, 0.1) is 0 Å². The summed E-state index contributed by atoms with van der Waals surface area (Å²) in [4.78, 5) is 21.9. The predicted octanol–water partition coefficient (Wildman–Crippen LogP) is 4.97. The maximum absolute atomic E-state index is 11.0. The summed E-state index contributed by atoms with van der Waals surface area (Å²) >= 11 is 0. The average molecular weight is 420 g/mol. The fraction of sp³-hybridized carbons (Fsp3) is 0.200. The van der Waals surface area contributed by atoms with Gasteiger partial charge >= 0.3 is 11.9 Å². The van der Waals surface area contributed by atoms with Crippen molar-refractivity contribution >= 4 is 11.9 Å². The van der Waals surface area contributed by atoms with Gasteiger partial charge in [0.15, 0.2) is 0 Å². The van der Waals surface area contributed by atoms with Gasteiger partial charge in [-0.3, -0.25) is 9.59 Å². The van der Waals surface area contributed by atoms with Gasteiger partial charge in [0.2, 0.25) is 0 Å². The Morgan fingerprint density at radius 3 is 1.45 bits per heavy atom. The number of rotatable bonds is 9. The van der Waals surface area contributed by atoms with Gasteiger partial charge in [-0.2, -0.15) is 0 Å². The lowest BCUT2D eigenvalue weighted by Crippen LogP contribution is -2.15. The molecule has 0 unspecified atom stereocenters. The Morgan fingerprint density at radius 2 is 1.06 bits per heavy atom. The number of carbonyl (C=O) groups excluding carboxylic acids is 2. The van der Waals surface area contributed by atoms with Crippen molar-refractivity contribution in [2.45, 2.75) is 33.4 Å². The second kappa shape index (κ2) is 10.8. The fourth-order valence-electron chi connectivity index (χ4n) is 2.72. The topological polar surface area (TPSA) is 71.1 Å². The van der Waals surface area contributed by atoms with E-state index in [1.165, 1.54) is 13.8 Å². The number of esters is 2. The van der Waals surface area contributed by atoms with E-state index in [0.717, 1.165) is 16.7 Å². The zero-order chi connectivity index (χ0) is 22.1. The molecule has 0 aliphatic rings. The van der Waals surface area contributed by atoms with Gasteiger partial charge in [0, 0.05) is 19.4 Å². The molecule has 0 spiro atoms. The van der Waals surface area contributed by atoms with Crippen molar-refractivity contribution in [3.63, 3.8) is 0 Å². The molecule has 160 valence electrons. The number of hydrogen-bond donors (Lipinski definition) is 0. The van der Waals surface area contributed by atoms with Crippen molar-refractivity contribution in [3.05, 3.63) is 95.6 Å². The number of hydrogen-bond acceptors (Lipinski definition) is 6. The molecular formula is C25H24O6. The molecule has 0 radical (unpaired) electrons. The fourth-order valence-corrected chi connectivity index (χ4v) is 2.72. The molecule has 6 heteroatoms. The summed E-state index contributed by atoms with van der Waals surface area (Å²) < 4.78 is 22.2. The van der Waals surface area contributed by atoms with Crippen LogP contribution in [-0.2, 0) is 32.3 Å². The van der Waals surface area contributed by atoms with Gasteiger partial charge in [0.25, 0.3) is 6.29 Å². The zero-order valence-electron chi connectivity index (χ0n) is 17.4. The van der Waals surface area contributed by atoms with Crippen molar-refractivity contribution in [2.75, 3.05) is 0 Å². The van der Waals surface area contributed by atoms with Crippen molar-refractivity contribution in [2.24, 2.45) is 0 Å². The minimum atomic E-state index is -0.667. The molecule has 6 nitrogen and oxygen atoms in total. The van der Waals surface area contributed by atoms with Gasteiger partial charge in [-0.1, -0.05) is 54.6 Å². The second-order valence-corrected chi connectivity index (χ2v) is 6.83. The molecule has 0 atom stereocenters. The van der Waals surface area contributed by atoms with E-state index in [0.29, 0.717) is 11.5 Å². The van der Waals surface area contributed by atoms with E-state index in [-0.39, 0.29) is 25.2 Å². The summed E-state index contributed by atoms with van der Waals surface area (Å²) in [7, 11) is 0. The molecule has 0 N–H and O–H groups in total. The molecule has 0 fully saturated rings. The third-order valence-corrected chi connectivity index (χ3v) is 4.29. The van der Waals surface area contributed by atoms with Crippen LogP contribution in [-0.4, -0.2) is 11.9 Å². The van der Waals surface area contributed by atoms with Crippen LogP contribution < -0.4 is 9.47 Å². The Labute approximate surface area is 181 Å². The van der Waals surface area contributed by atoms with Crippen LogP contribution in [0.2, 0.25) is 0 Å². The largest absolute Gasteiger partial charge is 0.461 e. The zero-order valence-corrected chi connectivity index (χ0v) is 17.4. The van der Waals surface area contributed by atoms with E-state index in [4.69, 9.17) is 18.9 Å². The Morgan fingerprint density at radius 1 is 0.645 bits per heavy atom. The molecule has 3 aromatic rings. The van der Waals surface area contributed by atoms with Crippen LogP contribution in [0.1, 0.15) is 36.8 Å². The van der Waals surface area contributed by atoms with Gasteiger partial charge in [-0.15, -0.1) is 0 Å². The lowest BCUT2D eigenvalue weighted by molar-refractivity contribution is -0.143. The van der Waals surface area contributed by atoms with Crippen LogP contribution in [0.4, 0.5) is 0 Å². The van der Waals surface area contributed by atoms with Crippen molar-refractivity contribution in [1.82, 2.24) is 0 Å². The molecule has 0 amide bonds. The highest BCUT2D eigenvalue weighted by Crippen LogP contribution is 2.26. The van der Waals surface area contributed by atoms with E-state index in [1.807, 2.05) is 54.6 Å². The first-order chi connectivity index (χ1) is 15.0. The van der Waals surface area contributed by atoms with Gasteiger partial charge in [0.1, 0.15) is 24.7 Å². The van der Waals surface area contributed by atoms with E-state index in [1.54, 1.807) is 24.3 Å². The monoisotopic (exact) mass is 420 g/mol. The molecular weight excluding hydrogens is 396 g/mol. The van der Waals surface area contributed by atoms with E-state index >= 15 is 0 Å². The molecule has 0 aromatic heterocycles. The number of benzene rings is 3. The Hall–Kier alpha value is -3.80. The van der Waals surface area contributed by atoms with Gasteiger partial charge < -0.3 is 18.9 Å². The van der Waals surface area contributed by atoms with Gasteiger partial charge in [-0.05, 0) is 35.4 Å². The summed E-state index contributed by atoms with van der Waals surface area (Å²) in [6.45, 7) is 3.19. The summed E-state index contributed by atoms with van der Waals surface area (Å²) in [5.41, 5.74) is 2.58. The molecule has 0 bridgehead atoms. The third-order valence-electron chi connectivity index (χ3n) is 4.29. The molecule has 0 aliphatic heterocycles. The Balaban J connectivity index is 1.70. The summed E-state index contributed by atoms with van der Waals surface area (Å²) in [5, 5.41) is 0. The smallest absolute Gasteiger partial charge is 0.302 e. The Bertz CT molecular complexity index is 917. The van der Waals surface area contributed by atoms with Crippen LogP contribution in [0.15, 0.2) is 78.9 Å².